The van der Waals surface area contributed by atoms with Crippen LogP contribution in [0.25, 0.3) is 5.57 Å². The second-order valence-corrected chi connectivity index (χ2v) is 5.21. The third-order valence-corrected chi connectivity index (χ3v) is 3.07. The van der Waals surface area contributed by atoms with Gasteiger partial charge in [-0.2, -0.15) is 0 Å². The van der Waals surface area contributed by atoms with Crippen molar-refractivity contribution in [1.82, 2.24) is 20.9 Å². The predicted octanol–water partition coefficient (Wildman–Crippen LogP) is 2.70. The number of hydrogen-bond donors (Lipinski definition) is 3. The van der Waals surface area contributed by atoms with Crippen LogP contribution in [0.2, 0.25) is 0 Å². The topological polar surface area (TPSA) is 109 Å². The minimum atomic E-state index is -0.598. The van der Waals surface area contributed by atoms with E-state index in [1.807, 2.05) is 13.0 Å². The first kappa shape index (κ1) is 24.5. The van der Waals surface area contributed by atoms with Crippen molar-refractivity contribution in [3.8, 4) is 0 Å². The van der Waals surface area contributed by atoms with E-state index in [9.17, 15) is 14.0 Å². The maximum Gasteiger partial charge on any atom is 0.439 e. The Balaban J connectivity index is 0.000000466. The standard InChI is InChI=1S/C9H11N3O2.C8H11NO2.C2H3F/c1-4-7(10-3)5-6(2)8-11-9(13)14-12-8;1-6(2)8-4-3-7(5-10)11-9-8;1-2-3/h4-5,10H,1-2H2,3H3,(H,11,12,13);4-5,7,9H,1,3H2,2H3;2H,1H2/b7-5+;;. The van der Waals surface area contributed by atoms with Crippen LogP contribution in [0.15, 0.2) is 77.2 Å². The number of hydroxylamine groups is 1. The van der Waals surface area contributed by atoms with Gasteiger partial charge in [0.15, 0.2) is 12.1 Å². The molecule has 0 aliphatic carbocycles. The number of aromatic nitrogens is 2. The van der Waals surface area contributed by atoms with Crippen LogP contribution in [0.3, 0.4) is 0 Å². The molecule has 152 valence electrons. The average Bonchev–Trinajstić information content (AvgIpc) is 3.13. The van der Waals surface area contributed by atoms with E-state index in [0.29, 0.717) is 17.8 Å². The molecular formula is C19H25FN4O4. The van der Waals surface area contributed by atoms with Gasteiger partial charge in [0.2, 0.25) is 0 Å². The van der Waals surface area contributed by atoms with E-state index in [0.717, 1.165) is 23.3 Å². The minimum absolute atomic E-state index is 0.250. The number of nitrogens with zero attached hydrogens (tertiary/aromatic N) is 1. The van der Waals surface area contributed by atoms with Crippen molar-refractivity contribution in [1.29, 1.82) is 0 Å². The first-order valence-electron chi connectivity index (χ1n) is 8.04. The molecule has 28 heavy (non-hydrogen) atoms. The molecule has 9 heteroatoms. The van der Waals surface area contributed by atoms with Gasteiger partial charge in [-0.05, 0) is 24.6 Å². The lowest BCUT2D eigenvalue weighted by molar-refractivity contribution is -0.122. The van der Waals surface area contributed by atoms with Crippen molar-refractivity contribution in [2.45, 2.75) is 19.4 Å². The molecule has 0 bridgehead atoms. The molecule has 2 heterocycles. The number of halogens is 1. The molecule has 1 unspecified atom stereocenters. The number of aldehydes is 1. The lowest BCUT2D eigenvalue weighted by Gasteiger charge is -2.19. The van der Waals surface area contributed by atoms with E-state index in [1.54, 1.807) is 19.2 Å². The Bertz CT molecular complexity index is 805. The van der Waals surface area contributed by atoms with Crippen LogP contribution in [-0.2, 0) is 9.63 Å². The summed E-state index contributed by atoms with van der Waals surface area (Å²) in [6.07, 6.45) is 6.53. The van der Waals surface area contributed by atoms with E-state index >= 15 is 0 Å². The molecule has 2 rings (SSSR count). The highest BCUT2D eigenvalue weighted by atomic mass is 19.1. The van der Waals surface area contributed by atoms with Crippen LogP contribution in [0, 0.1) is 0 Å². The fourth-order valence-electron chi connectivity index (χ4n) is 1.67. The van der Waals surface area contributed by atoms with E-state index in [1.165, 1.54) is 0 Å². The summed E-state index contributed by atoms with van der Waals surface area (Å²) in [6.45, 7) is 15.6. The Kier molecular flexibility index (Phi) is 12.0. The zero-order chi connectivity index (χ0) is 21.5. The third kappa shape index (κ3) is 9.30. The molecule has 0 aromatic carbocycles. The molecule has 8 nitrogen and oxygen atoms in total. The van der Waals surface area contributed by atoms with Gasteiger partial charge in [0.1, 0.15) is 6.10 Å². The van der Waals surface area contributed by atoms with Crippen molar-refractivity contribution in [2.24, 2.45) is 0 Å². The number of likely N-dealkylation sites (N-methyl/N-ethyl adjacent to an activating group) is 1. The molecule has 0 saturated carbocycles. The summed E-state index contributed by atoms with van der Waals surface area (Å²) in [5.74, 6) is -0.288. The van der Waals surface area contributed by atoms with Crippen LogP contribution < -0.4 is 16.6 Å². The number of carbonyl (C=O) groups excluding carboxylic acids is 1. The summed E-state index contributed by atoms with van der Waals surface area (Å²) in [4.78, 5) is 28.2. The van der Waals surface area contributed by atoms with Gasteiger partial charge in [-0.3, -0.25) is 19.8 Å². The van der Waals surface area contributed by atoms with Gasteiger partial charge >= 0.3 is 5.76 Å². The number of H-pyrrole nitrogens is 1. The van der Waals surface area contributed by atoms with E-state index in [4.69, 9.17) is 4.84 Å². The van der Waals surface area contributed by atoms with Crippen molar-refractivity contribution in [3.05, 3.63) is 84.2 Å². The molecule has 1 aromatic heterocycles. The lowest BCUT2D eigenvalue weighted by Crippen LogP contribution is -2.28. The van der Waals surface area contributed by atoms with Gasteiger partial charge in [-0.25, -0.2) is 9.18 Å². The minimum Gasteiger partial charge on any atom is -0.388 e. The van der Waals surface area contributed by atoms with Crippen molar-refractivity contribution >= 4 is 11.9 Å². The number of hydrogen-bond acceptors (Lipinski definition) is 7. The van der Waals surface area contributed by atoms with Crippen LogP contribution in [0.5, 0.6) is 0 Å². The summed E-state index contributed by atoms with van der Waals surface area (Å²) >= 11 is 0. The van der Waals surface area contributed by atoms with Crippen LogP contribution in [0.4, 0.5) is 4.39 Å². The Labute approximate surface area is 162 Å². The van der Waals surface area contributed by atoms with Gasteiger partial charge in [0.25, 0.3) is 0 Å². The monoisotopic (exact) mass is 392 g/mol. The zero-order valence-corrected chi connectivity index (χ0v) is 16.0. The highest BCUT2D eigenvalue weighted by Crippen LogP contribution is 2.11. The second-order valence-electron chi connectivity index (χ2n) is 5.21. The number of carbonyl (C=O) groups is 1. The summed E-state index contributed by atoms with van der Waals surface area (Å²) in [5, 5.41) is 6.38. The van der Waals surface area contributed by atoms with Gasteiger partial charge < -0.3 is 10.1 Å². The molecule has 0 amide bonds. The summed E-state index contributed by atoms with van der Waals surface area (Å²) in [6, 6.07) is 0. The van der Waals surface area contributed by atoms with Crippen molar-refractivity contribution in [2.75, 3.05) is 7.05 Å². The molecule has 0 spiro atoms. The van der Waals surface area contributed by atoms with Crippen LogP contribution in [-0.4, -0.2) is 29.6 Å². The number of rotatable bonds is 6. The average molecular weight is 392 g/mol. The smallest absolute Gasteiger partial charge is 0.388 e. The third-order valence-electron chi connectivity index (χ3n) is 3.07. The lowest BCUT2D eigenvalue weighted by atomic mass is 10.1. The van der Waals surface area contributed by atoms with E-state index < -0.39 is 5.76 Å². The maximum atomic E-state index is 10.6. The van der Waals surface area contributed by atoms with E-state index in [-0.39, 0.29) is 12.4 Å². The van der Waals surface area contributed by atoms with Crippen molar-refractivity contribution in [3.63, 3.8) is 0 Å². The van der Waals surface area contributed by atoms with Gasteiger partial charge in [0.05, 0.1) is 12.0 Å². The molecule has 1 aliphatic rings. The number of allylic oxidation sites excluding steroid dienone is 4. The van der Waals surface area contributed by atoms with Gasteiger partial charge in [-0.15, -0.1) is 0 Å². The Morgan fingerprint density at radius 2 is 2.07 bits per heavy atom. The molecule has 1 atom stereocenters. The molecular weight excluding hydrogens is 367 g/mol. The first-order valence-corrected chi connectivity index (χ1v) is 8.04. The SMILES string of the molecule is C=C(C)C1=CCC(C=O)ON1.C=C/C(=C\C(=C)c1noc(=O)[nH]1)NC.C=CF. The number of aromatic amines is 1. The highest BCUT2D eigenvalue weighted by molar-refractivity contribution is 5.68. The summed E-state index contributed by atoms with van der Waals surface area (Å²) < 4.78 is 14.4. The molecule has 0 saturated heterocycles. The maximum absolute atomic E-state index is 10.6. The first-order chi connectivity index (χ1) is 13.3. The largest absolute Gasteiger partial charge is 0.439 e. The Hall–Kier alpha value is -3.46. The Morgan fingerprint density at radius 1 is 1.43 bits per heavy atom. The normalized spacial score (nSPS) is 15.2. The predicted molar refractivity (Wildman–Crippen MR) is 106 cm³/mol. The quantitative estimate of drug-likeness (QED) is 0.504. The molecule has 1 aromatic rings. The number of nitrogens with one attached hydrogen (secondary N) is 3. The fourth-order valence-corrected chi connectivity index (χ4v) is 1.67. The van der Waals surface area contributed by atoms with Crippen LogP contribution >= 0.6 is 0 Å². The highest BCUT2D eigenvalue weighted by Gasteiger charge is 2.13. The van der Waals surface area contributed by atoms with E-state index in [2.05, 4.69) is 51.8 Å². The second kappa shape index (κ2) is 13.7. The van der Waals surface area contributed by atoms with Gasteiger partial charge in [0, 0.05) is 24.7 Å². The zero-order valence-electron chi connectivity index (χ0n) is 16.0. The van der Waals surface area contributed by atoms with Gasteiger partial charge in [-0.1, -0.05) is 37.5 Å². The summed E-state index contributed by atoms with van der Waals surface area (Å²) in [7, 11) is 1.76. The fraction of sp³-hybridized carbons (Fsp3) is 0.211. The molecule has 0 fully saturated rings. The van der Waals surface area contributed by atoms with Crippen LogP contribution in [0.1, 0.15) is 19.2 Å². The Morgan fingerprint density at radius 3 is 2.43 bits per heavy atom. The summed E-state index contributed by atoms with van der Waals surface area (Å²) in [5.41, 5.74) is 5.74. The molecule has 3 N–H and O–H groups in total. The molecule has 0 radical (unpaired) electrons. The molecule has 1 aliphatic heterocycles. The van der Waals surface area contributed by atoms with Crippen molar-refractivity contribution < 1.29 is 18.5 Å².